The number of aliphatic hydroxyl groups excluding tert-OH is 1. The molecule has 326 valence electrons. The number of phosphoric acid groups is 1. The number of ketones is 1. The molecule has 0 amide bonds. The summed E-state index contributed by atoms with van der Waals surface area (Å²) < 4.78 is 29.0. The third-order valence-electron chi connectivity index (χ3n) is 9.49. The predicted molar refractivity (Wildman–Crippen MR) is 233 cm³/mol. The molecule has 10 heteroatoms. The summed E-state index contributed by atoms with van der Waals surface area (Å²) in [6, 6.07) is 0. The van der Waals surface area contributed by atoms with Crippen LogP contribution in [0.25, 0.3) is 0 Å². The van der Waals surface area contributed by atoms with Gasteiger partial charge in [-0.25, -0.2) is 4.57 Å². The Kier molecular flexibility index (Phi) is 36.2. The molecule has 0 saturated carbocycles. The van der Waals surface area contributed by atoms with Crippen molar-refractivity contribution in [2.24, 2.45) is 0 Å². The molecule has 0 bridgehead atoms. The Morgan fingerprint density at radius 3 is 1.50 bits per heavy atom. The Morgan fingerprint density at radius 1 is 0.607 bits per heavy atom. The quantitative estimate of drug-likeness (QED) is 0.0206. The minimum atomic E-state index is -4.68. The zero-order valence-corrected chi connectivity index (χ0v) is 37.4. The summed E-state index contributed by atoms with van der Waals surface area (Å²) in [5, 5.41) is 9.73. The number of hydrogen-bond acceptors (Lipinski definition) is 7. The van der Waals surface area contributed by atoms with Crippen molar-refractivity contribution in [3.05, 3.63) is 48.6 Å². The molecule has 9 nitrogen and oxygen atoms in total. The first kappa shape index (κ1) is 54.1. The van der Waals surface area contributed by atoms with Gasteiger partial charge in [0.05, 0.1) is 34.4 Å². The number of esters is 1. The summed E-state index contributed by atoms with van der Waals surface area (Å²) >= 11 is 0. The predicted octanol–water partition coefficient (Wildman–Crippen LogP) is 12.1. The number of allylic oxidation sites excluding steroid dienone is 8. The van der Waals surface area contributed by atoms with E-state index in [9.17, 15) is 24.2 Å². The van der Waals surface area contributed by atoms with E-state index in [-0.39, 0.29) is 25.2 Å². The zero-order chi connectivity index (χ0) is 41.6. The van der Waals surface area contributed by atoms with Crippen LogP contribution < -0.4 is 0 Å². The van der Waals surface area contributed by atoms with Crippen LogP contribution in [-0.4, -0.2) is 79.3 Å². The number of phosphoric ester groups is 1. The van der Waals surface area contributed by atoms with Crippen LogP contribution >= 0.6 is 7.82 Å². The maximum Gasteiger partial charge on any atom is 0.473 e. The van der Waals surface area contributed by atoms with Crippen LogP contribution in [0.4, 0.5) is 0 Å². The Labute approximate surface area is 343 Å². The lowest BCUT2D eigenvalue weighted by molar-refractivity contribution is -0.872. The maximum absolute atomic E-state index is 13.1. The lowest BCUT2D eigenvalue weighted by Gasteiger charge is -2.29. The second kappa shape index (κ2) is 37.4. The molecule has 2 unspecified atom stereocenters. The molecule has 0 aliphatic heterocycles. The lowest BCUT2D eigenvalue weighted by atomic mass is 10.0. The first-order valence-electron chi connectivity index (χ1n) is 22.3. The van der Waals surface area contributed by atoms with Crippen LogP contribution in [0.1, 0.15) is 181 Å². The number of Topliss-reactive ketones (excluding diaryl/α,β-unsaturated/α-hetero) is 1. The fourth-order valence-electron chi connectivity index (χ4n) is 6.19. The summed E-state index contributed by atoms with van der Waals surface area (Å²) in [5.41, 5.74) is 0. The fraction of sp³-hybridized carbons (Fsp3) is 0.783. The van der Waals surface area contributed by atoms with Gasteiger partial charge in [0, 0.05) is 12.8 Å². The van der Waals surface area contributed by atoms with Gasteiger partial charge in [-0.05, 0) is 51.4 Å². The van der Waals surface area contributed by atoms with Crippen molar-refractivity contribution in [2.45, 2.75) is 193 Å². The summed E-state index contributed by atoms with van der Waals surface area (Å²) in [7, 11) is 0.955. The second-order valence-electron chi connectivity index (χ2n) is 16.3. The Hall–Kier alpha value is -1.87. The highest BCUT2D eigenvalue weighted by atomic mass is 31.2. The monoisotopic (exact) mass is 811 g/mol. The average Bonchev–Trinajstić information content (AvgIpc) is 3.15. The molecule has 0 fully saturated rings. The topological polar surface area (TPSA) is 119 Å². The van der Waals surface area contributed by atoms with E-state index in [0.717, 1.165) is 38.5 Å². The van der Waals surface area contributed by atoms with E-state index in [1.54, 1.807) is 0 Å². The van der Waals surface area contributed by atoms with E-state index < -0.39 is 39.2 Å². The molecular formula is C46H85NO8P+. The Morgan fingerprint density at radius 2 is 1.04 bits per heavy atom. The largest absolute Gasteiger partial charge is 0.473 e. The van der Waals surface area contributed by atoms with Gasteiger partial charge in [-0.3, -0.25) is 18.6 Å². The number of ether oxygens (including phenoxy) is 1. The number of carbonyl (C=O) groups is 2. The maximum atomic E-state index is 13.1. The van der Waals surface area contributed by atoms with Gasteiger partial charge in [-0.1, -0.05) is 165 Å². The SMILES string of the molecule is CCCCC/C=C\C/C=C\C/C=C\C/C=C\CCCC(=O)O[C@H](CO)COP(=O)(O)OC(C[N+](C)(C)C)C(=O)CCCCCCCCCCCCCCCCC. The molecule has 0 aromatic carbocycles. The molecule has 0 aliphatic rings. The van der Waals surface area contributed by atoms with Gasteiger partial charge < -0.3 is 19.2 Å². The minimum Gasteiger partial charge on any atom is -0.457 e. The molecule has 2 N–H and O–H groups in total. The first-order chi connectivity index (χ1) is 26.9. The number of unbranched alkanes of at least 4 members (excludes halogenated alkanes) is 18. The number of aliphatic hydroxyl groups is 1. The van der Waals surface area contributed by atoms with Gasteiger partial charge >= 0.3 is 13.8 Å². The smallest absolute Gasteiger partial charge is 0.457 e. The number of carbonyl (C=O) groups excluding carboxylic acids is 2. The van der Waals surface area contributed by atoms with Crippen molar-refractivity contribution in [3.63, 3.8) is 0 Å². The summed E-state index contributed by atoms with van der Waals surface area (Å²) in [6.07, 6.45) is 42.8. The van der Waals surface area contributed by atoms with E-state index in [0.29, 0.717) is 23.7 Å². The molecule has 0 saturated heterocycles. The average molecular weight is 811 g/mol. The highest BCUT2D eigenvalue weighted by Crippen LogP contribution is 2.45. The van der Waals surface area contributed by atoms with Crippen LogP contribution in [0.2, 0.25) is 0 Å². The number of hydrogen-bond donors (Lipinski definition) is 2. The first-order valence-corrected chi connectivity index (χ1v) is 23.8. The Bertz CT molecular complexity index is 1110. The molecule has 3 atom stereocenters. The van der Waals surface area contributed by atoms with E-state index >= 15 is 0 Å². The lowest BCUT2D eigenvalue weighted by Crippen LogP contribution is -2.45. The standard InChI is InChI=1S/C46H84NO8P/c1-6-8-10-12-14-16-18-20-22-23-25-27-29-31-33-35-37-39-46(50)54-43(41-48)42-53-56(51,52)55-45(40-47(3,4)5)44(49)38-36-34-32-30-28-26-24-21-19-17-15-13-11-9-7-2/h14,16,20,22,25,27,31,33,43,45,48H,6-13,15,17-19,21,23-24,26,28-30,32,34-42H2,1-5H3/p+1/b16-14-,22-20-,27-25-,33-31-/t43-,45?/m1/s1. The summed E-state index contributed by atoms with van der Waals surface area (Å²) in [5.74, 6) is -0.760. The number of quaternary nitrogens is 1. The number of likely N-dealkylation sites (N-methyl/N-ethyl adjacent to an activating group) is 1. The third kappa shape index (κ3) is 37.7. The van der Waals surface area contributed by atoms with Gasteiger partial charge in [0.25, 0.3) is 0 Å². The highest BCUT2D eigenvalue weighted by molar-refractivity contribution is 7.47. The van der Waals surface area contributed by atoms with Crippen molar-refractivity contribution in [1.29, 1.82) is 0 Å². The van der Waals surface area contributed by atoms with E-state index in [4.69, 9.17) is 13.8 Å². The van der Waals surface area contributed by atoms with Gasteiger partial charge in [-0.15, -0.1) is 0 Å². The summed E-state index contributed by atoms with van der Waals surface area (Å²) in [6.45, 7) is 3.56. The normalized spacial score (nSPS) is 14.7. The van der Waals surface area contributed by atoms with Crippen molar-refractivity contribution < 1.29 is 42.4 Å². The summed E-state index contributed by atoms with van der Waals surface area (Å²) in [4.78, 5) is 36.0. The molecule has 0 rings (SSSR count). The van der Waals surface area contributed by atoms with E-state index in [2.05, 4.69) is 56.4 Å². The highest BCUT2D eigenvalue weighted by Gasteiger charge is 2.35. The zero-order valence-electron chi connectivity index (χ0n) is 36.5. The fourth-order valence-corrected chi connectivity index (χ4v) is 7.11. The van der Waals surface area contributed by atoms with Crippen LogP contribution in [-0.2, 0) is 27.9 Å². The second-order valence-corrected chi connectivity index (χ2v) is 17.7. The molecule has 0 heterocycles. The van der Waals surface area contributed by atoms with Crippen LogP contribution in [0.5, 0.6) is 0 Å². The molecule has 0 radical (unpaired) electrons. The van der Waals surface area contributed by atoms with Crippen molar-refractivity contribution in [3.8, 4) is 0 Å². The van der Waals surface area contributed by atoms with Gasteiger partial charge in [-0.2, -0.15) is 0 Å². The van der Waals surface area contributed by atoms with Crippen molar-refractivity contribution in [1.82, 2.24) is 0 Å². The molecule has 0 aromatic rings. The number of nitrogens with zero attached hydrogens (tertiary/aromatic N) is 1. The van der Waals surface area contributed by atoms with Gasteiger partial charge in [0.15, 0.2) is 11.9 Å². The van der Waals surface area contributed by atoms with Gasteiger partial charge in [0.2, 0.25) is 0 Å². The molecule has 56 heavy (non-hydrogen) atoms. The minimum absolute atomic E-state index is 0.140. The van der Waals surface area contributed by atoms with Crippen LogP contribution in [0.15, 0.2) is 48.6 Å². The van der Waals surface area contributed by atoms with Crippen LogP contribution in [0, 0.1) is 0 Å². The molecule has 0 aliphatic carbocycles. The van der Waals surface area contributed by atoms with Crippen LogP contribution in [0.3, 0.4) is 0 Å². The molecule has 0 spiro atoms. The molecule has 0 aromatic heterocycles. The van der Waals surface area contributed by atoms with E-state index in [1.807, 2.05) is 27.2 Å². The van der Waals surface area contributed by atoms with Gasteiger partial charge in [0.1, 0.15) is 12.6 Å². The number of rotatable bonds is 40. The van der Waals surface area contributed by atoms with E-state index in [1.165, 1.54) is 96.3 Å². The third-order valence-corrected chi connectivity index (χ3v) is 10.5. The van der Waals surface area contributed by atoms with Crippen molar-refractivity contribution in [2.75, 3.05) is 40.9 Å². The van der Waals surface area contributed by atoms with Crippen molar-refractivity contribution >= 4 is 19.6 Å². The Balaban J connectivity index is 4.34. The molecular weight excluding hydrogens is 725 g/mol.